The van der Waals surface area contributed by atoms with Crippen LogP contribution in [0.15, 0.2) is 40.9 Å². The van der Waals surface area contributed by atoms with Crippen LogP contribution < -0.4 is 20.1 Å². The summed E-state index contributed by atoms with van der Waals surface area (Å²) >= 11 is 3.37. The highest BCUT2D eigenvalue weighted by molar-refractivity contribution is 9.10. The van der Waals surface area contributed by atoms with E-state index in [-0.39, 0.29) is 5.91 Å². The molecule has 0 radical (unpaired) electrons. The fourth-order valence-electron chi connectivity index (χ4n) is 2.15. The molecule has 0 aromatic heterocycles. The zero-order chi connectivity index (χ0) is 17.9. The van der Waals surface area contributed by atoms with Crippen LogP contribution in [0.2, 0.25) is 0 Å². The second-order valence-corrected chi connectivity index (χ2v) is 5.76. The van der Waals surface area contributed by atoms with Gasteiger partial charge in [0.25, 0.3) is 5.91 Å². The van der Waals surface area contributed by atoms with Gasteiger partial charge in [0.2, 0.25) is 5.91 Å². The molecule has 0 bridgehead atoms. The van der Waals surface area contributed by atoms with Gasteiger partial charge in [-0.05, 0) is 52.3 Å². The lowest BCUT2D eigenvalue weighted by atomic mass is 10.1. The maximum absolute atomic E-state index is 12.7. The number of nitrogens with zero attached hydrogens (tertiary/aromatic N) is 1. The van der Waals surface area contributed by atoms with Crippen LogP contribution in [-0.2, 0) is 0 Å². The Hall–Kier alpha value is -2.54. The number of benzene rings is 2. The van der Waals surface area contributed by atoms with Gasteiger partial charge in [0, 0.05) is 23.9 Å². The molecule has 0 aliphatic rings. The number of methoxy groups -OCH3 is 2. The molecule has 7 heteroatoms. The molecule has 0 spiro atoms. The van der Waals surface area contributed by atoms with Crippen molar-refractivity contribution >= 4 is 33.4 Å². The van der Waals surface area contributed by atoms with Crippen molar-refractivity contribution in [2.24, 2.45) is 5.73 Å². The van der Waals surface area contributed by atoms with Gasteiger partial charge in [0.15, 0.2) is 0 Å². The summed E-state index contributed by atoms with van der Waals surface area (Å²) in [5.41, 5.74) is 6.64. The van der Waals surface area contributed by atoms with E-state index in [1.165, 1.54) is 19.1 Å². The lowest BCUT2D eigenvalue weighted by Crippen LogP contribution is -2.26. The minimum Gasteiger partial charge on any atom is -0.495 e. The van der Waals surface area contributed by atoms with Crippen molar-refractivity contribution in [3.8, 4) is 11.5 Å². The first kappa shape index (κ1) is 17.8. The molecule has 2 aromatic carbocycles. The third kappa shape index (κ3) is 3.51. The third-order valence-electron chi connectivity index (χ3n) is 3.54. The third-order valence-corrected chi connectivity index (χ3v) is 4.32. The number of anilines is 1. The van der Waals surface area contributed by atoms with Crippen molar-refractivity contribution in [1.29, 1.82) is 0 Å². The van der Waals surface area contributed by atoms with E-state index in [0.717, 1.165) is 0 Å². The SMILES string of the molecule is COc1cc(C(=O)N(C)c2ccc(C(N)=O)cc2)cc(OC)c1Br. The van der Waals surface area contributed by atoms with Gasteiger partial charge in [-0.1, -0.05) is 0 Å². The van der Waals surface area contributed by atoms with Crippen LogP contribution in [0.4, 0.5) is 5.69 Å². The van der Waals surface area contributed by atoms with Crippen molar-refractivity contribution in [3.63, 3.8) is 0 Å². The molecule has 24 heavy (non-hydrogen) atoms. The zero-order valence-electron chi connectivity index (χ0n) is 13.5. The topological polar surface area (TPSA) is 81.9 Å². The lowest BCUT2D eigenvalue weighted by Gasteiger charge is -2.19. The molecule has 0 aliphatic heterocycles. The van der Waals surface area contributed by atoms with Gasteiger partial charge >= 0.3 is 0 Å². The summed E-state index contributed by atoms with van der Waals surface area (Å²) in [6.07, 6.45) is 0. The number of nitrogens with two attached hydrogens (primary N) is 1. The summed E-state index contributed by atoms with van der Waals surface area (Å²) in [6, 6.07) is 9.72. The highest BCUT2D eigenvalue weighted by Crippen LogP contribution is 2.36. The Morgan fingerprint density at radius 2 is 1.50 bits per heavy atom. The maximum Gasteiger partial charge on any atom is 0.258 e. The molecule has 2 amide bonds. The van der Waals surface area contributed by atoms with Gasteiger partial charge < -0.3 is 20.1 Å². The smallest absolute Gasteiger partial charge is 0.258 e. The molecule has 2 N–H and O–H groups in total. The zero-order valence-corrected chi connectivity index (χ0v) is 15.1. The van der Waals surface area contributed by atoms with E-state index in [4.69, 9.17) is 15.2 Å². The predicted molar refractivity (Wildman–Crippen MR) is 94.9 cm³/mol. The van der Waals surface area contributed by atoms with E-state index in [1.807, 2.05) is 0 Å². The summed E-state index contributed by atoms with van der Waals surface area (Å²) in [7, 11) is 4.67. The largest absolute Gasteiger partial charge is 0.495 e. The number of rotatable bonds is 5. The number of carbonyl (C=O) groups is 2. The van der Waals surface area contributed by atoms with Crippen LogP contribution in [0.25, 0.3) is 0 Å². The standard InChI is InChI=1S/C17H17BrN2O4/c1-20(12-6-4-10(5-7-12)16(19)21)17(22)11-8-13(23-2)15(18)14(9-11)24-3/h4-9H,1-3H3,(H2,19,21). The fraction of sp³-hybridized carbons (Fsp3) is 0.176. The summed E-state index contributed by atoms with van der Waals surface area (Å²) in [6.45, 7) is 0. The summed E-state index contributed by atoms with van der Waals surface area (Å²) in [5, 5.41) is 0. The van der Waals surface area contributed by atoms with Crippen LogP contribution in [0, 0.1) is 0 Å². The first-order valence-corrected chi connectivity index (χ1v) is 7.77. The molecule has 0 aliphatic carbocycles. The number of ether oxygens (including phenoxy) is 2. The van der Waals surface area contributed by atoms with Crippen molar-refractivity contribution in [2.45, 2.75) is 0 Å². The van der Waals surface area contributed by atoms with Gasteiger partial charge in [-0.15, -0.1) is 0 Å². The van der Waals surface area contributed by atoms with Gasteiger partial charge in [0.05, 0.1) is 14.2 Å². The minimum absolute atomic E-state index is 0.245. The number of primary amides is 1. The number of hydrogen-bond acceptors (Lipinski definition) is 4. The average Bonchev–Trinajstić information content (AvgIpc) is 2.60. The highest BCUT2D eigenvalue weighted by atomic mass is 79.9. The van der Waals surface area contributed by atoms with Crippen LogP contribution in [-0.4, -0.2) is 33.1 Å². The van der Waals surface area contributed by atoms with Crippen molar-refractivity contribution < 1.29 is 19.1 Å². The van der Waals surface area contributed by atoms with E-state index >= 15 is 0 Å². The van der Waals surface area contributed by atoms with Crippen LogP contribution >= 0.6 is 15.9 Å². The Kier molecular flexibility index (Phi) is 5.46. The summed E-state index contributed by atoms with van der Waals surface area (Å²) < 4.78 is 11.2. The molecule has 2 aromatic rings. The Labute approximate surface area is 148 Å². The number of halogens is 1. The van der Waals surface area contributed by atoms with Gasteiger partial charge in [-0.2, -0.15) is 0 Å². The van der Waals surface area contributed by atoms with E-state index in [9.17, 15) is 9.59 Å². The monoisotopic (exact) mass is 392 g/mol. The number of amides is 2. The first-order chi connectivity index (χ1) is 11.4. The number of hydrogen-bond donors (Lipinski definition) is 1. The molecule has 0 saturated heterocycles. The van der Waals surface area contributed by atoms with Crippen molar-refractivity contribution in [3.05, 3.63) is 52.0 Å². The van der Waals surface area contributed by atoms with Gasteiger partial charge in [-0.3, -0.25) is 9.59 Å². The van der Waals surface area contributed by atoms with Crippen molar-refractivity contribution in [2.75, 3.05) is 26.2 Å². The second kappa shape index (κ2) is 7.35. The van der Waals surface area contributed by atoms with Crippen LogP contribution in [0.1, 0.15) is 20.7 Å². The van der Waals surface area contributed by atoms with Gasteiger partial charge in [0.1, 0.15) is 16.0 Å². The lowest BCUT2D eigenvalue weighted by molar-refractivity contribution is 0.0988. The maximum atomic E-state index is 12.7. The highest BCUT2D eigenvalue weighted by Gasteiger charge is 2.18. The number of carbonyl (C=O) groups excluding carboxylic acids is 2. The van der Waals surface area contributed by atoms with Crippen LogP contribution in [0.3, 0.4) is 0 Å². The molecule has 6 nitrogen and oxygen atoms in total. The molecule has 0 unspecified atom stereocenters. The quantitative estimate of drug-likeness (QED) is 0.847. The molecule has 0 heterocycles. The molecular weight excluding hydrogens is 376 g/mol. The van der Waals surface area contributed by atoms with Crippen molar-refractivity contribution in [1.82, 2.24) is 0 Å². The Balaban J connectivity index is 2.35. The Morgan fingerprint density at radius 1 is 1.00 bits per heavy atom. The first-order valence-electron chi connectivity index (χ1n) is 6.98. The molecule has 0 atom stereocenters. The summed E-state index contributed by atoms with van der Waals surface area (Å²) in [4.78, 5) is 25.3. The average molecular weight is 393 g/mol. The molecule has 0 saturated carbocycles. The van der Waals surface area contributed by atoms with Gasteiger partial charge in [-0.25, -0.2) is 0 Å². The Morgan fingerprint density at radius 3 is 1.92 bits per heavy atom. The molecular formula is C17H17BrN2O4. The van der Waals surface area contributed by atoms with Crippen LogP contribution in [0.5, 0.6) is 11.5 Å². The molecule has 2 rings (SSSR count). The fourth-order valence-corrected chi connectivity index (χ4v) is 2.71. The van der Waals surface area contributed by atoms with E-state index in [1.54, 1.807) is 43.4 Å². The van der Waals surface area contributed by atoms with E-state index in [2.05, 4.69) is 15.9 Å². The Bertz CT molecular complexity index is 750. The normalized spacial score (nSPS) is 10.2. The van der Waals surface area contributed by atoms with E-state index in [0.29, 0.717) is 32.8 Å². The summed E-state index contributed by atoms with van der Waals surface area (Å²) in [5.74, 6) is 0.231. The van der Waals surface area contributed by atoms with E-state index < -0.39 is 5.91 Å². The molecule has 0 fully saturated rings. The molecule has 126 valence electrons. The minimum atomic E-state index is -0.516. The predicted octanol–water partition coefficient (Wildman–Crippen LogP) is 2.84. The second-order valence-electron chi connectivity index (χ2n) is 4.97.